The van der Waals surface area contributed by atoms with Gasteiger partial charge in [0.15, 0.2) is 18.0 Å². The van der Waals surface area contributed by atoms with Crippen LogP contribution in [-0.4, -0.2) is 43.8 Å². The Labute approximate surface area is 161 Å². The van der Waals surface area contributed by atoms with Gasteiger partial charge in [-0.1, -0.05) is 0 Å². The van der Waals surface area contributed by atoms with E-state index in [1.165, 1.54) is 5.56 Å². The van der Waals surface area contributed by atoms with E-state index in [2.05, 4.69) is 16.7 Å². The average Bonchev–Trinajstić information content (AvgIpc) is 2.54. The van der Waals surface area contributed by atoms with Crippen molar-refractivity contribution in [1.29, 1.82) is 0 Å². The molecule has 1 atom stereocenters. The molecule has 27 heavy (non-hydrogen) atoms. The Kier molecular flexibility index (Phi) is 7.07. The van der Waals surface area contributed by atoms with E-state index in [-0.39, 0.29) is 18.0 Å². The standard InChI is InChI=1S/C20H31N3O4/c1-6-26-16-10-14-8-9-23(12-15(14)11-17(16)27-7-2)13-18(24)21-19(25)22-20(3,4)5/h10-11H,6-9,12-13H2,1-5H3,(H2,21,22,24,25)/p+1. The predicted molar refractivity (Wildman–Crippen MR) is 103 cm³/mol. The molecule has 0 bridgehead atoms. The van der Waals surface area contributed by atoms with Gasteiger partial charge in [0.25, 0.3) is 5.91 Å². The molecule has 0 aromatic heterocycles. The molecule has 7 nitrogen and oxygen atoms in total. The van der Waals surface area contributed by atoms with E-state index in [1.54, 1.807) is 0 Å². The lowest BCUT2D eigenvalue weighted by atomic mass is 9.99. The van der Waals surface area contributed by atoms with Gasteiger partial charge >= 0.3 is 6.03 Å². The highest BCUT2D eigenvalue weighted by molar-refractivity contribution is 5.94. The lowest BCUT2D eigenvalue weighted by Gasteiger charge is -2.27. The summed E-state index contributed by atoms with van der Waals surface area (Å²) < 4.78 is 11.4. The molecular weight excluding hydrogens is 346 g/mol. The van der Waals surface area contributed by atoms with Crippen LogP contribution in [0.5, 0.6) is 11.5 Å². The average molecular weight is 378 g/mol. The van der Waals surface area contributed by atoms with Gasteiger partial charge < -0.3 is 19.7 Å². The normalized spacial score (nSPS) is 16.3. The Morgan fingerprint density at radius 1 is 1.07 bits per heavy atom. The molecule has 0 saturated carbocycles. The lowest BCUT2D eigenvalue weighted by molar-refractivity contribution is -0.908. The molecule has 1 aliphatic rings. The van der Waals surface area contributed by atoms with Crippen LogP contribution in [0.4, 0.5) is 4.79 Å². The van der Waals surface area contributed by atoms with Crippen LogP contribution in [0.1, 0.15) is 45.7 Å². The quantitative estimate of drug-likeness (QED) is 0.691. The third kappa shape index (κ3) is 6.43. The zero-order valence-electron chi connectivity index (χ0n) is 17.0. The summed E-state index contributed by atoms with van der Waals surface area (Å²) in [5, 5.41) is 5.14. The molecule has 1 aromatic rings. The van der Waals surface area contributed by atoms with Crippen LogP contribution in [-0.2, 0) is 17.8 Å². The minimum Gasteiger partial charge on any atom is -0.490 e. The van der Waals surface area contributed by atoms with E-state index in [4.69, 9.17) is 9.47 Å². The summed E-state index contributed by atoms with van der Waals surface area (Å²) in [7, 11) is 0. The van der Waals surface area contributed by atoms with Crippen LogP contribution in [0.25, 0.3) is 0 Å². The maximum atomic E-state index is 12.2. The number of benzene rings is 1. The number of rotatable bonds is 6. The molecule has 150 valence electrons. The predicted octanol–water partition coefficient (Wildman–Crippen LogP) is 1.05. The number of carbonyl (C=O) groups is 2. The van der Waals surface area contributed by atoms with Crippen LogP contribution in [0.15, 0.2) is 12.1 Å². The number of quaternary nitrogens is 1. The van der Waals surface area contributed by atoms with Crippen molar-refractivity contribution in [2.45, 2.75) is 53.1 Å². The highest BCUT2D eigenvalue weighted by Gasteiger charge is 2.25. The maximum Gasteiger partial charge on any atom is 0.322 e. The fourth-order valence-corrected chi connectivity index (χ4v) is 3.17. The number of imide groups is 1. The van der Waals surface area contributed by atoms with Crippen LogP contribution < -0.4 is 25.0 Å². The van der Waals surface area contributed by atoms with Crippen LogP contribution >= 0.6 is 0 Å². The number of hydrogen-bond acceptors (Lipinski definition) is 4. The second-order valence-electron chi connectivity index (χ2n) is 7.79. The molecule has 0 fully saturated rings. The van der Waals surface area contributed by atoms with Crippen molar-refractivity contribution in [2.24, 2.45) is 0 Å². The zero-order valence-corrected chi connectivity index (χ0v) is 17.0. The number of amides is 3. The van der Waals surface area contributed by atoms with Crippen molar-refractivity contribution < 1.29 is 24.0 Å². The smallest absolute Gasteiger partial charge is 0.322 e. The summed E-state index contributed by atoms with van der Waals surface area (Å²) in [6, 6.07) is 3.62. The first-order chi connectivity index (χ1) is 12.7. The van der Waals surface area contributed by atoms with E-state index in [1.807, 2.05) is 40.7 Å². The highest BCUT2D eigenvalue weighted by atomic mass is 16.5. The molecule has 0 radical (unpaired) electrons. The van der Waals surface area contributed by atoms with Gasteiger partial charge in [-0.25, -0.2) is 4.79 Å². The van der Waals surface area contributed by atoms with Crippen molar-refractivity contribution in [3.05, 3.63) is 23.3 Å². The number of nitrogens with one attached hydrogen (secondary N) is 3. The molecule has 1 aliphatic heterocycles. The molecule has 3 N–H and O–H groups in total. The summed E-state index contributed by atoms with van der Waals surface area (Å²) in [5.74, 6) is 1.25. The zero-order chi connectivity index (χ0) is 20.0. The largest absolute Gasteiger partial charge is 0.490 e. The Bertz CT molecular complexity index is 683. The van der Waals surface area contributed by atoms with Crippen LogP contribution in [0.3, 0.4) is 0 Å². The maximum absolute atomic E-state index is 12.2. The second-order valence-corrected chi connectivity index (χ2v) is 7.79. The molecular formula is C20H32N3O4+. The van der Waals surface area contributed by atoms with E-state index in [0.29, 0.717) is 13.2 Å². The van der Waals surface area contributed by atoms with E-state index < -0.39 is 6.03 Å². The first kappa shape index (κ1) is 21.0. The van der Waals surface area contributed by atoms with E-state index in [9.17, 15) is 9.59 Å². The molecule has 3 amide bonds. The first-order valence-corrected chi connectivity index (χ1v) is 9.58. The topological polar surface area (TPSA) is 81.1 Å². The van der Waals surface area contributed by atoms with Crippen molar-refractivity contribution >= 4 is 11.9 Å². The summed E-state index contributed by atoms with van der Waals surface area (Å²) in [5.41, 5.74) is 2.02. The molecule has 2 rings (SSSR count). The lowest BCUT2D eigenvalue weighted by Crippen LogP contribution is -3.13. The summed E-state index contributed by atoms with van der Waals surface area (Å²) in [6.45, 7) is 12.5. The highest BCUT2D eigenvalue weighted by Crippen LogP contribution is 2.32. The molecule has 1 aromatic carbocycles. The van der Waals surface area contributed by atoms with Crippen molar-refractivity contribution in [2.75, 3.05) is 26.3 Å². The number of ether oxygens (including phenoxy) is 2. The third-order valence-electron chi connectivity index (χ3n) is 4.21. The van der Waals surface area contributed by atoms with Crippen LogP contribution in [0.2, 0.25) is 0 Å². The molecule has 0 aliphatic carbocycles. The van der Waals surface area contributed by atoms with Gasteiger partial charge in [-0.05, 0) is 52.3 Å². The third-order valence-corrected chi connectivity index (χ3v) is 4.21. The number of carbonyl (C=O) groups excluding carboxylic acids is 2. The molecule has 0 spiro atoms. The Hall–Kier alpha value is -2.28. The minimum absolute atomic E-state index is 0.258. The monoisotopic (exact) mass is 378 g/mol. The molecule has 0 saturated heterocycles. The van der Waals surface area contributed by atoms with Gasteiger partial charge in [0, 0.05) is 17.5 Å². The first-order valence-electron chi connectivity index (χ1n) is 9.58. The van der Waals surface area contributed by atoms with E-state index in [0.717, 1.165) is 41.5 Å². The fraction of sp³-hybridized carbons (Fsp3) is 0.600. The van der Waals surface area contributed by atoms with Gasteiger partial charge in [-0.2, -0.15) is 0 Å². The second kappa shape index (κ2) is 9.08. The van der Waals surface area contributed by atoms with Crippen LogP contribution in [0, 0.1) is 0 Å². The van der Waals surface area contributed by atoms with Gasteiger partial charge in [-0.3, -0.25) is 10.1 Å². The molecule has 1 heterocycles. The van der Waals surface area contributed by atoms with Crippen molar-refractivity contribution in [3.8, 4) is 11.5 Å². The van der Waals surface area contributed by atoms with Gasteiger partial charge in [0.2, 0.25) is 0 Å². The Morgan fingerprint density at radius 2 is 1.67 bits per heavy atom. The SMILES string of the molecule is CCOc1cc2c(cc1OCC)C[NH+](CC(=O)NC(=O)NC(C)(C)C)CC2. The van der Waals surface area contributed by atoms with Crippen molar-refractivity contribution in [1.82, 2.24) is 10.6 Å². The number of urea groups is 1. The summed E-state index contributed by atoms with van der Waals surface area (Å²) in [6.07, 6.45) is 0.860. The molecule has 7 heteroatoms. The molecule has 1 unspecified atom stereocenters. The van der Waals surface area contributed by atoms with Crippen molar-refractivity contribution in [3.63, 3.8) is 0 Å². The van der Waals surface area contributed by atoms with Gasteiger partial charge in [-0.15, -0.1) is 0 Å². The Balaban J connectivity index is 1.99. The number of hydrogen-bond donors (Lipinski definition) is 3. The minimum atomic E-state index is -0.454. The fourth-order valence-electron chi connectivity index (χ4n) is 3.17. The van der Waals surface area contributed by atoms with Gasteiger partial charge in [0.05, 0.1) is 19.8 Å². The summed E-state index contributed by atoms with van der Waals surface area (Å²) >= 11 is 0. The number of fused-ring (bicyclic) bond motifs is 1. The summed E-state index contributed by atoms with van der Waals surface area (Å²) in [4.78, 5) is 25.2. The van der Waals surface area contributed by atoms with Gasteiger partial charge in [0.1, 0.15) is 6.54 Å². The Morgan fingerprint density at radius 3 is 2.22 bits per heavy atom. The van der Waals surface area contributed by atoms with E-state index >= 15 is 0 Å².